The lowest BCUT2D eigenvalue weighted by molar-refractivity contribution is 0.637. The first-order valence-corrected chi connectivity index (χ1v) is 19.2. The Morgan fingerprint density at radius 2 is 1.33 bits per heavy atom. The second kappa shape index (κ2) is 13.7. The van der Waals surface area contributed by atoms with Gasteiger partial charge in [-0.1, -0.05) is 94.4 Å². The van der Waals surface area contributed by atoms with E-state index >= 15 is 0 Å². The Morgan fingerprint density at radius 1 is 0.630 bits per heavy atom. The first kappa shape index (κ1) is 33.7. The second-order valence-corrected chi connectivity index (χ2v) is 15.5. The van der Waals surface area contributed by atoms with Crippen LogP contribution in [0.1, 0.15) is 38.8 Å². The highest BCUT2D eigenvalue weighted by atomic mass is 15.4. The van der Waals surface area contributed by atoms with E-state index in [2.05, 4.69) is 186 Å². The van der Waals surface area contributed by atoms with Gasteiger partial charge in [-0.3, -0.25) is 4.40 Å². The first-order chi connectivity index (χ1) is 26.4. The molecule has 0 N–H and O–H groups in total. The van der Waals surface area contributed by atoms with E-state index in [4.69, 9.17) is 4.98 Å². The number of aromatic nitrogens is 3. The van der Waals surface area contributed by atoms with Crippen molar-refractivity contribution in [3.63, 3.8) is 0 Å². The maximum absolute atomic E-state index is 5.28. The molecule has 0 fully saturated rings. The Hall–Kier alpha value is -6.14. The largest absolute Gasteiger partial charge is 0.340 e. The Balaban J connectivity index is 1.26. The summed E-state index contributed by atoms with van der Waals surface area (Å²) in [5.74, 6) is 2.08. The molecular weight excluding hydrogens is 661 g/mol. The smallest absolute Gasteiger partial charge is 0.153 e. The zero-order valence-electron chi connectivity index (χ0n) is 31.7. The quantitative estimate of drug-likeness (QED) is 0.140. The van der Waals surface area contributed by atoms with Gasteiger partial charge in [0.15, 0.2) is 5.82 Å². The van der Waals surface area contributed by atoms with Gasteiger partial charge in [0.05, 0.1) is 29.8 Å². The molecule has 0 saturated heterocycles. The van der Waals surface area contributed by atoms with Crippen molar-refractivity contribution in [3.8, 4) is 11.3 Å². The van der Waals surface area contributed by atoms with Gasteiger partial charge in [0.1, 0.15) is 5.65 Å². The molecular formula is C48H46N6. The number of nitrogens with zero attached hydrogens (tertiary/aromatic N) is 6. The number of pyridine rings is 2. The standard InChI is InChI=1S/C48H46N6/c1-32(2)26-34-14-11-15-35(27-33(3)4)46(34)45-30-50-47-42-29-39(23-24-40(42)41-20-9-10-21-43(41)54(45)47)53(36-16-7-6-8-17-36)38-19-12-18-37(28-38)52-31-51(5)48-44(52)22-13-25-49-48/h6-25,28-30,32-33H,26-27,31H2,1-5H3. The maximum Gasteiger partial charge on any atom is 0.153 e. The molecule has 0 unspecified atom stereocenters. The fourth-order valence-corrected chi connectivity index (χ4v) is 8.45. The summed E-state index contributed by atoms with van der Waals surface area (Å²) < 4.78 is 2.42. The van der Waals surface area contributed by atoms with E-state index in [1.807, 2.05) is 12.3 Å². The molecule has 0 atom stereocenters. The molecule has 9 rings (SSSR count). The van der Waals surface area contributed by atoms with Crippen LogP contribution in [-0.4, -0.2) is 28.1 Å². The molecule has 3 aromatic heterocycles. The molecule has 0 radical (unpaired) electrons. The number of fused-ring (bicyclic) bond motifs is 7. The highest BCUT2D eigenvalue weighted by molar-refractivity contribution is 6.13. The lowest BCUT2D eigenvalue weighted by Gasteiger charge is -2.28. The van der Waals surface area contributed by atoms with E-state index < -0.39 is 0 Å². The Bertz CT molecular complexity index is 2610. The van der Waals surface area contributed by atoms with Crippen molar-refractivity contribution in [2.75, 3.05) is 28.4 Å². The van der Waals surface area contributed by atoms with Gasteiger partial charge in [0.2, 0.25) is 0 Å². The second-order valence-electron chi connectivity index (χ2n) is 15.5. The van der Waals surface area contributed by atoms with Crippen LogP contribution in [0.2, 0.25) is 0 Å². The minimum atomic E-state index is 0.539. The van der Waals surface area contributed by atoms with Gasteiger partial charge in [-0.2, -0.15) is 0 Å². The van der Waals surface area contributed by atoms with Gasteiger partial charge in [-0.05, 0) is 102 Å². The van der Waals surface area contributed by atoms with E-state index in [0.29, 0.717) is 11.8 Å². The van der Waals surface area contributed by atoms with E-state index in [-0.39, 0.29) is 0 Å². The van der Waals surface area contributed by atoms with Crippen molar-refractivity contribution in [2.45, 2.75) is 40.5 Å². The van der Waals surface area contributed by atoms with Crippen LogP contribution >= 0.6 is 0 Å². The molecule has 54 heavy (non-hydrogen) atoms. The first-order valence-electron chi connectivity index (χ1n) is 19.2. The third kappa shape index (κ3) is 5.83. The summed E-state index contributed by atoms with van der Waals surface area (Å²) in [6, 6.07) is 46.3. The predicted octanol–water partition coefficient (Wildman–Crippen LogP) is 12.1. The van der Waals surface area contributed by atoms with Crippen LogP contribution in [0, 0.1) is 11.8 Å². The number of anilines is 6. The van der Waals surface area contributed by atoms with Crippen LogP contribution in [0.15, 0.2) is 140 Å². The average Bonchev–Trinajstić information content (AvgIpc) is 3.77. The van der Waals surface area contributed by atoms with Gasteiger partial charge >= 0.3 is 0 Å². The fourth-order valence-electron chi connectivity index (χ4n) is 8.45. The van der Waals surface area contributed by atoms with Crippen LogP contribution in [0.5, 0.6) is 0 Å². The van der Waals surface area contributed by atoms with Crippen LogP contribution in [0.25, 0.3) is 38.6 Å². The molecule has 268 valence electrons. The number of hydrogen-bond donors (Lipinski definition) is 0. The van der Waals surface area contributed by atoms with Crippen molar-refractivity contribution in [2.24, 2.45) is 11.8 Å². The lowest BCUT2D eigenvalue weighted by Crippen LogP contribution is -2.24. The Kier molecular flexibility index (Phi) is 8.54. The van der Waals surface area contributed by atoms with Gasteiger partial charge in [0, 0.05) is 52.3 Å². The van der Waals surface area contributed by atoms with Crippen LogP contribution in [0.4, 0.5) is 34.3 Å². The summed E-state index contributed by atoms with van der Waals surface area (Å²) in [6.07, 6.45) is 6.02. The Morgan fingerprint density at radius 3 is 2.11 bits per heavy atom. The normalized spacial score (nSPS) is 12.9. The van der Waals surface area contributed by atoms with Crippen LogP contribution in [0.3, 0.4) is 0 Å². The molecule has 8 aromatic rings. The van der Waals surface area contributed by atoms with E-state index in [1.54, 1.807) is 0 Å². The summed E-state index contributed by atoms with van der Waals surface area (Å²) >= 11 is 0. The summed E-state index contributed by atoms with van der Waals surface area (Å²) in [7, 11) is 2.10. The van der Waals surface area contributed by atoms with Crippen molar-refractivity contribution < 1.29 is 0 Å². The molecule has 0 saturated carbocycles. The fraction of sp³-hybridized carbons (Fsp3) is 0.208. The lowest BCUT2D eigenvalue weighted by atomic mass is 9.89. The molecule has 0 amide bonds. The molecule has 0 spiro atoms. The average molecular weight is 707 g/mol. The summed E-state index contributed by atoms with van der Waals surface area (Å²) in [6.45, 7) is 9.98. The number of hydrogen-bond acceptors (Lipinski definition) is 5. The molecule has 0 aliphatic carbocycles. The van der Waals surface area contributed by atoms with E-state index in [9.17, 15) is 0 Å². The molecule has 1 aliphatic heterocycles. The van der Waals surface area contributed by atoms with Crippen molar-refractivity contribution in [1.29, 1.82) is 0 Å². The summed E-state index contributed by atoms with van der Waals surface area (Å²) in [4.78, 5) is 16.8. The van der Waals surface area contributed by atoms with Crippen molar-refractivity contribution in [1.82, 2.24) is 14.4 Å². The third-order valence-electron chi connectivity index (χ3n) is 10.6. The van der Waals surface area contributed by atoms with Gasteiger partial charge < -0.3 is 14.7 Å². The highest BCUT2D eigenvalue weighted by Crippen LogP contribution is 2.43. The molecule has 0 bridgehead atoms. The van der Waals surface area contributed by atoms with Crippen molar-refractivity contribution in [3.05, 3.63) is 151 Å². The third-order valence-corrected chi connectivity index (χ3v) is 10.6. The van der Waals surface area contributed by atoms with E-state index in [1.165, 1.54) is 38.7 Å². The number of benzene rings is 5. The van der Waals surface area contributed by atoms with Crippen molar-refractivity contribution >= 4 is 61.6 Å². The molecule has 6 nitrogen and oxygen atoms in total. The number of imidazole rings is 1. The van der Waals surface area contributed by atoms with Crippen LogP contribution < -0.4 is 14.7 Å². The van der Waals surface area contributed by atoms with E-state index in [0.717, 1.165) is 64.8 Å². The number of rotatable bonds is 9. The molecule has 4 heterocycles. The predicted molar refractivity (Wildman–Crippen MR) is 227 cm³/mol. The van der Waals surface area contributed by atoms with Gasteiger partial charge in [0.25, 0.3) is 0 Å². The highest BCUT2D eigenvalue weighted by Gasteiger charge is 2.27. The van der Waals surface area contributed by atoms with Crippen LogP contribution in [-0.2, 0) is 12.8 Å². The minimum Gasteiger partial charge on any atom is -0.340 e. The summed E-state index contributed by atoms with van der Waals surface area (Å²) in [5.41, 5.74) is 12.9. The van der Waals surface area contributed by atoms with Gasteiger partial charge in [-0.25, -0.2) is 9.97 Å². The van der Waals surface area contributed by atoms with Gasteiger partial charge in [-0.15, -0.1) is 0 Å². The monoisotopic (exact) mass is 706 g/mol. The number of para-hydroxylation sites is 2. The minimum absolute atomic E-state index is 0.539. The zero-order valence-corrected chi connectivity index (χ0v) is 31.7. The molecule has 1 aliphatic rings. The SMILES string of the molecule is CC(C)Cc1cccc(CC(C)C)c1-c1cnc2c3cc(N(c4ccccc4)c4cccc(N5CN(C)c6ncccc65)c4)ccc3c3ccccc3n12. The molecule has 6 heteroatoms. The summed E-state index contributed by atoms with van der Waals surface area (Å²) in [5, 5.41) is 3.54. The maximum atomic E-state index is 5.28. The molecule has 5 aromatic carbocycles. The topological polar surface area (TPSA) is 39.9 Å². The zero-order chi connectivity index (χ0) is 36.9. The Labute approximate surface area is 318 Å².